The summed E-state index contributed by atoms with van der Waals surface area (Å²) in [5.74, 6) is 1.86. The maximum absolute atomic E-state index is 12.9. The maximum atomic E-state index is 12.9. The van der Waals surface area contributed by atoms with Crippen LogP contribution in [-0.4, -0.2) is 106 Å². The van der Waals surface area contributed by atoms with Crippen molar-refractivity contribution >= 4 is 21.7 Å². The van der Waals surface area contributed by atoms with Crippen LogP contribution in [0, 0.1) is 11.8 Å². The van der Waals surface area contributed by atoms with Crippen molar-refractivity contribution in [3.05, 3.63) is 18.3 Å². The Labute approximate surface area is 198 Å². The van der Waals surface area contributed by atoms with Gasteiger partial charge in [0.15, 0.2) is 0 Å². The van der Waals surface area contributed by atoms with E-state index in [-0.39, 0.29) is 10.8 Å². The molecule has 0 spiro atoms. The molecule has 0 atom stereocenters. The molecule has 186 valence electrons. The number of pyridine rings is 1. The lowest BCUT2D eigenvalue weighted by Crippen LogP contribution is -2.51. The standard InChI is InChI=1S/C23H39N5O4S/c1-19(2)16-27(17-20(3)4)23(29)18-25-7-9-26(10-8-25)22-6-5-21(15-24-22)33(30,31)28-11-13-32-14-12-28/h5-6,15,19-20H,7-14,16-18H2,1-4H3. The van der Waals surface area contributed by atoms with Crippen LogP contribution in [0.25, 0.3) is 0 Å². The van der Waals surface area contributed by atoms with E-state index in [9.17, 15) is 13.2 Å². The van der Waals surface area contributed by atoms with Gasteiger partial charge in [-0.2, -0.15) is 4.31 Å². The van der Waals surface area contributed by atoms with Crippen LogP contribution >= 0.6 is 0 Å². The van der Waals surface area contributed by atoms with Crippen LogP contribution in [0.5, 0.6) is 0 Å². The summed E-state index contributed by atoms with van der Waals surface area (Å²) >= 11 is 0. The molecule has 0 aromatic carbocycles. The fourth-order valence-electron chi connectivity index (χ4n) is 4.23. The van der Waals surface area contributed by atoms with Crippen LogP contribution in [0.2, 0.25) is 0 Å². The predicted octanol–water partition coefficient (Wildman–Crippen LogP) is 1.37. The van der Waals surface area contributed by atoms with E-state index < -0.39 is 10.0 Å². The van der Waals surface area contributed by atoms with Crippen molar-refractivity contribution in [2.45, 2.75) is 32.6 Å². The number of amides is 1. The third-order valence-electron chi connectivity index (χ3n) is 5.91. The Kier molecular flexibility index (Phi) is 9.09. The third-order valence-corrected chi connectivity index (χ3v) is 7.79. The molecule has 0 N–H and O–H groups in total. The summed E-state index contributed by atoms with van der Waals surface area (Å²) in [6.07, 6.45) is 1.45. The van der Waals surface area contributed by atoms with E-state index in [0.29, 0.717) is 44.7 Å². The molecule has 1 amide bonds. The highest BCUT2D eigenvalue weighted by atomic mass is 32.2. The van der Waals surface area contributed by atoms with Crippen LogP contribution in [0.4, 0.5) is 5.82 Å². The van der Waals surface area contributed by atoms with Crippen molar-refractivity contribution in [2.24, 2.45) is 11.8 Å². The van der Waals surface area contributed by atoms with Gasteiger partial charge in [0.25, 0.3) is 0 Å². The minimum absolute atomic E-state index is 0.196. The van der Waals surface area contributed by atoms with E-state index in [1.165, 1.54) is 10.5 Å². The summed E-state index contributed by atoms with van der Waals surface area (Å²) in [4.78, 5) is 23.9. The Morgan fingerprint density at radius 2 is 1.61 bits per heavy atom. The average molecular weight is 482 g/mol. The second kappa shape index (κ2) is 11.6. The molecule has 10 heteroatoms. The topological polar surface area (TPSA) is 86.3 Å². The normalized spacial score (nSPS) is 18.8. The largest absolute Gasteiger partial charge is 0.379 e. The molecule has 1 aromatic rings. The van der Waals surface area contributed by atoms with Crippen molar-refractivity contribution in [3.8, 4) is 0 Å². The average Bonchev–Trinajstić information content (AvgIpc) is 2.79. The first kappa shape index (κ1) is 25.9. The molecule has 3 heterocycles. The molecule has 2 fully saturated rings. The van der Waals surface area contributed by atoms with Crippen molar-refractivity contribution in [3.63, 3.8) is 0 Å². The van der Waals surface area contributed by atoms with Gasteiger partial charge in [0.1, 0.15) is 10.7 Å². The van der Waals surface area contributed by atoms with Gasteiger partial charge in [0.05, 0.1) is 19.8 Å². The van der Waals surface area contributed by atoms with Crippen LogP contribution < -0.4 is 4.90 Å². The van der Waals surface area contributed by atoms with E-state index in [4.69, 9.17) is 4.74 Å². The first-order chi connectivity index (χ1) is 15.7. The van der Waals surface area contributed by atoms with Crippen LogP contribution in [0.15, 0.2) is 23.2 Å². The third kappa shape index (κ3) is 7.11. The molecule has 33 heavy (non-hydrogen) atoms. The number of ether oxygens (including phenoxy) is 1. The van der Waals surface area contributed by atoms with Gasteiger partial charge in [-0.1, -0.05) is 27.7 Å². The van der Waals surface area contributed by atoms with Gasteiger partial charge in [-0.05, 0) is 24.0 Å². The van der Waals surface area contributed by atoms with E-state index in [2.05, 4.69) is 42.5 Å². The van der Waals surface area contributed by atoms with Gasteiger partial charge in [0, 0.05) is 58.6 Å². The minimum atomic E-state index is -3.54. The van der Waals surface area contributed by atoms with Gasteiger partial charge in [0.2, 0.25) is 15.9 Å². The number of aromatic nitrogens is 1. The Hall–Kier alpha value is -1.75. The van der Waals surface area contributed by atoms with Gasteiger partial charge >= 0.3 is 0 Å². The molecule has 2 aliphatic heterocycles. The maximum Gasteiger partial charge on any atom is 0.244 e. The molecule has 3 rings (SSSR count). The summed E-state index contributed by atoms with van der Waals surface area (Å²) < 4.78 is 32.3. The number of carbonyl (C=O) groups excluding carboxylic acids is 1. The van der Waals surface area contributed by atoms with Crippen LogP contribution in [0.1, 0.15) is 27.7 Å². The number of carbonyl (C=O) groups is 1. The van der Waals surface area contributed by atoms with E-state index in [0.717, 1.165) is 45.1 Å². The predicted molar refractivity (Wildman–Crippen MR) is 129 cm³/mol. The lowest BCUT2D eigenvalue weighted by molar-refractivity contribution is -0.133. The second-order valence-electron chi connectivity index (χ2n) is 9.72. The van der Waals surface area contributed by atoms with E-state index in [1.807, 2.05) is 4.90 Å². The van der Waals surface area contributed by atoms with Crippen molar-refractivity contribution in [1.82, 2.24) is 19.1 Å². The zero-order valence-electron chi connectivity index (χ0n) is 20.4. The SMILES string of the molecule is CC(C)CN(CC(C)C)C(=O)CN1CCN(c2ccc(S(=O)(=O)N3CCOCC3)cn2)CC1. The molecule has 0 unspecified atom stereocenters. The molecule has 0 bridgehead atoms. The second-order valence-corrected chi connectivity index (χ2v) is 11.7. The van der Waals surface area contributed by atoms with Gasteiger partial charge in [-0.25, -0.2) is 13.4 Å². The molecule has 0 aliphatic carbocycles. The zero-order valence-corrected chi connectivity index (χ0v) is 21.3. The number of hydrogen-bond acceptors (Lipinski definition) is 7. The molecule has 1 aromatic heterocycles. The first-order valence-corrected chi connectivity index (χ1v) is 13.4. The molecular weight excluding hydrogens is 442 g/mol. The first-order valence-electron chi connectivity index (χ1n) is 12.0. The summed E-state index contributed by atoms with van der Waals surface area (Å²) in [7, 11) is -3.54. The molecule has 0 saturated carbocycles. The minimum Gasteiger partial charge on any atom is -0.379 e. The highest BCUT2D eigenvalue weighted by molar-refractivity contribution is 7.89. The number of morpholine rings is 1. The Balaban J connectivity index is 1.53. The van der Waals surface area contributed by atoms with E-state index >= 15 is 0 Å². The number of anilines is 1. The summed E-state index contributed by atoms with van der Waals surface area (Å²) in [5.41, 5.74) is 0. The fourth-order valence-corrected chi connectivity index (χ4v) is 5.59. The van der Waals surface area contributed by atoms with Gasteiger partial charge in [-0.3, -0.25) is 9.69 Å². The van der Waals surface area contributed by atoms with Crippen molar-refractivity contribution in [1.29, 1.82) is 0 Å². The molecule has 0 radical (unpaired) electrons. The lowest BCUT2D eigenvalue weighted by atomic mass is 10.1. The number of rotatable bonds is 9. The smallest absolute Gasteiger partial charge is 0.244 e. The number of sulfonamides is 1. The highest BCUT2D eigenvalue weighted by Gasteiger charge is 2.27. The number of hydrogen-bond donors (Lipinski definition) is 0. The van der Waals surface area contributed by atoms with Gasteiger partial charge < -0.3 is 14.5 Å². The van der Waals surface area contributed by atoms with Crippen molar-refractivity contribution < 1.29 is 17.9 Å². The van der Waals surface area contributed by atoms with Gasteiger partial charge in [-0.15, -0.1) is 0 Å². The Bertz CT molecular complexity index is 851. The summed E-state index contributed by atoms with van der Waals surface area (Å²) in [5, 5.41) is 0. The molecule has 2 saturated heterocycles. The lowest BCUT2D eigenvalue weighted by Gasteiger charge is -2.36. The van der Waals surface area contributed by atoms with Crippen LogP contribution in [0.3, 0.4) is 0 Å². The molecule has 2 aliphatic rings. The van der Waals surface area contributed by atoms with Crippen molar-refractivity contribution in [2.75, 3.05) is 77.0 Å². The summed E-state index contributed by atoms with van der Waals surface area (Å²) in [6.45, 7) is 15.2. The Morgan fingerprint density at radius 3 is 2.12 bits per heavy atom. The monoisotopic (exact) mass is 481 g/mol. The Morgan fingerprint density at radius 1 is 1.00 bits per heavy atom. The highest BCUT2D eigenvalue weighted by Crippen LogP contribution is 2.20. The number of nitrogens with zero attached hydrogens (tertiary/aromatic N) is 5. The zero-order chi connectivity index (χ0) is 24.0. The van der Waals surface area contributed by atoms with Crippen LogP contribution in [-0.2, 0) is 19.6 Å². The fraction of sp³-hybridized carbons (Fsp3) is 0.739. The van der Waals surface area contributed by atoms with E-state index in [1.54, 1.807) is 12.1 Å². The number of piperazine rings is 1. The summed E-state index contributed by atoms with van der Waals surface area (Å²) in [6, 6.07) is 3.42. The molecule has 9 nitrogen and oxygen atoms in total. The molecular formula is C23H39N5O4S. The quantitative estimate of drug-likeness (QED) is 0.526.